The maximum Gasteiger partial charge on any atom is 0.251 e. The summed E-state index contributed by atoms with van der Waals surface area (Å²) in [7, 11) is 1.59. The third kappa shape index (κ3) is 3.73. The molecular formula is C17H15N3O2S. The minimum Gasteiger partial charge on any atom is -0.497 e. The molecule has 2 aromatic heterocycles. The zero-order valence-corrected chi connectivity index (χ0v) is 13.3. The van der Waals surface area contributed by atoms with Crippen molar-refractivity contribution in [1.29, 1.82) is 0 Å². The van der Waals surface area contributed by atoms with Gasteiger partial charge in [-0.3, -0.25) is 9.78 Å². The fourth-order valence-electron chi connectivity index (χ4n) is 2.03. The summed E-state index contributed by atoms with van der Waals surface area (Å²) in [4.78, 5) is 20.7. The smallest absolute Gasteiger partial charge is 0.251 e. The van der Waals surface area contributed by atoms with Gasteiger partial charge < -0.3 is 10.1 Å². The quantitative estimate of drug-likeness (QED) is 0.783. The van der Waals surface area contributed by atoms with Crippen molar-refractivity contribution in [3.05, 3.63) is 65.4 Å². The number of thiazole rings is 1. The number of ether oxygens (including phenoxy) is 1. The highest BCUT2D eigenvalue weighted by molar-refractivity contribution is 7.13. The van der Waals surface area contributed by atoms with Gasteiger partial charge >= 0.3 is 0 Å². The van der Waals surface area contributed by atoms with Crippen LogP contribution in [-0.4, -0.2) is 23.0 Å². The summed E-state index contributed by atoms with van der Waals surface area (Å²) in [5, 5.41) is 5.70. The monoisotopic (exact) mass is 325 g/mol. The Morgan fingerprint density at radius 2 is 2.09 bits per heavy atom. The standard InChI is InChI=1S/C17H15N3O2S/c1-22-15-6-4-12(5-7-15)16(21)19-10-14-11-23-17(20-14)13-3-2-8-18-9-13/h2-9,11H,10H2,1H3,(H,19,21). The van der Waals surface area contributed by atoms with Crippen LogP contribution in [0.25, 0.3) is 10.6 Å². The molecule has 0 aliphatic heterocycles. The van der Waals surface area contributed by atoms with Crippen molar-refractivity contribution in [3.8, 4) is 16.3 Å². The largest absolute Gasteiger partial charge is 0.497 e. The van der Waals surface area contributed by atoms with Gasteiger partial charge in [0.15, 0.2) is 0 Å². The van der Waals surface area contributed by atoms with Gasteiger partial charge in [-0.25, -0.2) is 4.98 Å². The molecule has 1 aromatic carbocycles. The van der Waals surface area contributed by atoms with E-state index in [9.17, 15) is 4.79 Å². The lowest BCUT2D eigenvalue weighted by Gasteiger charge is -2.04. The summed E-state index contributed by atoms with van der Waals surface area (Å²) in [5.74, 6) is 0.589. The molecule has 0 atom stereocenters. The van der Waals surface area contributed by atoms with Crippen LogP contribution in [0.2, 0.25) is 0 Å². The summed E-state index contributed by atoms with van der Waals surface area (Å²) in [5.41, 5.74) is 2.40. The first-order chi connectivity index (χ1) is 11.3. The number of nitrogens with zero attached hydrogens (tertiary/aromatic N) is 2. The molecule has 0 saturated carbocycles. The van der Waals surface area contributed by atoms with Crippen LogP contribution in [0.1, 0.15) is 16.1 Å². The number of carbonyl (C=O) groups is 1. The zero-order chi connectivity index (χ0) is 16.1. The molecule has 23 heavy (non-hydrogen) atoms. The fraction of sp³-hybridized carbons (Fsp3) is 0.118. The summed E-state index contributed by atoms with van der Waals surface area (Å²) < 4.78 is 5.08. The van der Waals surface area contributed by atoms with Crippen molar-refractivity contribution >= 4 is 17.2 Å². The topological polar surface area (TPSA) is 64.1 Å². The second-order valence-corrected chi connectivity index (χ2v) is 5.65. The van der Waals surface area contributed by atoms with Gasteiger partial charge in [0.1, 0.15) is 10.8 Å². The Balaban J connectivity index is 1.62. The van der Waals surface area contributed by atoms with Gasteiger partial charge in [0.05, 0.1) is 19.3 Å². The Morgan fingerprint density at radius 1 is 1.26 bits per heavy atom. The van der Waals surface area contributed by atoms with Crippen LogP contribution in [0.5, 0.6) is 5.75 Å². The highest BCUT2D eigenvalue weighted by Crippen LogP contribution is 2.22. The highest BCUT2D eigenvalue weighted by atomic mass is 32.1. The van der Waals surface area contributed by atoms with Crippen LogP contribution >= 0.6 is 11.3 Å². The van der Waals surface area contributed by atoms with Crippen molar-refractivity contribution in [3.63, 3.8) is 0 Å². The second kappa shape index (κ2) is 7.02. The predicted molar refractivity (Wildman–Crippen MR) is 89.5 cm³/mol. The summed E-state index contributed by atoms with van der Waals surface area (Å²) in [6.45, 7) is 0.391. The molecule has 0 bridgehead atoms. The number of carbonyl (C=O) groups excluding carboxylic acids is 1. The minimum absolute atomic E-state index is 0.136. The van der Waals surface area contributed by atoms with Crippen molar-refractivity contribution in [2.75, 3.05) is 7.11 Å². The molecular weight excluding hydrogens is 310 g/mol. The maximum atomic E-state index is 12.1. The van der Waals surface area contributed by atoms with E-state index in [4.69, 9.17) is 4.74 Å². The van der Waals surface area contributed by atoms with E-state index in [0.29, 0.717) is 12.1 Å². The number of hydrogen-bond donors (Lipinski definition) is 1. The van der Waals surface area contributed by atoms with Crippen LogP contribution in [0.4, 0.5) is 0 Å². The minimum atomic E-state index is -0.136. The molecule has 0 fully saturated rings. The molecule has 1 amide bonds. The molecule has 3 aromatic rings. The predicted octanol–water partition coefficient (Wildman–Crippen LogP) is 3.14. The van der Waals surface area contributed by atoms with Crippen LogP contribution < -0.4 is 10.1 Å². The number of rotatable bonds is 5. The van der Waals surface area contributed by atoms with E-state index in [1.165, 1.54) is 11.3 Å². The number of methoxy groups -OCH3 is 1. The number of nitrogens with one attached hydrogen (secondary N) is 1. The molecule has 6 heteroatoms. The fourth-order valence-corrected chi connectivity index (χ4v) is 2.84. The molecule has 0 aliphatic rings. The molecule has 116 valence electrons. The number of aromatic nitrogens is 2. The van der Waals surface area contributed by atoms with Crippen LogP contribution in [0.3, 0.4) is 0 Å². The SMILES string of the molecule is COc1ccc(C(=O)NCc2csc(-c3cccnc3)n2)cc1. The van der Waals surface area contributed by atoms with E-state index in [-0.39, 0.29) is 5.91 Å². The van der Waals surface area contributed by atoms with Crippen molar-refractivity contribution < 1.29 is 9.53 Å². The Labute approximate surface area is 138 Å². The van der Waals surface area contributed by atoms with Gasteiger partial charge in [0.25, 0.3) is 5.91 Å². The number of hydrogen-bond acceptors (Lipinski definition) is 5. The summed E-state index contributed by atoms with van der Waals surface area (Å²) in [6.07, 6.45) is 3.51. The normalized spacial score (nSPS) is 10.3. The second-order valence-electron chi connectivity index (χ2n) is 4.80. The lowest BCUT2D eigenvalue weighted by molar-refractivity contribution is 0.0950. The van der Waals surface area contributed by atoms with E-state index in [0.717, 1.165) is 22.0 Å². The molecule has 1 N–H and O–H groups in total. The molecule has 5 nitrogen and oxygen atoms in total. The molecule has 3 rings (SSSR count). The average molecular weight is 325 g/mol. The van der Waals surface area contributed by atoms with Crippen LogP contribution in [-0.2, 0) is 6.54 Å². The first-order valence-corrected chi connectivity index (χ1v) is 7.91. The molecule has 0 aliphatic carbocycles. The van der Waals surface area contributed by atoms with Crippen molar-refractivity contribution in [2.24, 2.45) is 0 Å². The molecule has 0 spiro atoms. The third-order valence-electron chi connectivity index (χ3n) is 3.24. The van der Waals surface area contributed by atoms with Gasteiger partial charge in [-0.15, -0.1) is 11.3 Å². The van der Waals surface area contributed by atoms with E-state index < -0.39 is 0 Å². The Bertz CT molecular complexity index is 785. The van der Waals surface area contributed by atoms with E-state index in [1.54, 1.807) is 43.8 Å². The summed E-state index contributed by atoms with van der Waals surface area (Å²) in [6, 6.07) is 10.8. The van der Waals surface area contributed by atoms with Crippen molar-refractivity contribution in [2.45, 2.75) is 6.54 Å². The first-order valence-electron chi connectivity index (χ1n) is 7.03. The Morgan fingerprint density at radius 3 is 2.78 bits per heavy atom. The molecule has 0 unspecified atom stereocenters. The number of amides is 1. The van der Waals surface area contributed by atoms with E-state index >= 15 is 0 Å². The van der Waals surface area contributed by atoms with Gasteiger partial charge in [-0.1, -0.05) is 0 Å². The van der Waals surface area contributed by atoms with E-state index in [1.807, 2.05) is 17.5 Å². The lowest BCUT2D eigenvalue weighted by Crippen LogP contribution is -2.22. The van der Waals surface area contributed by atoms with E-state index in [2.05, 4.69) is 15.3 Å². The van der Waals surface area contributed by atoms with Gasteiger partial charge in [-0.05, 0) is 36.4 Å². The number of benzene rings is 1. The maximum absolute atomic E-state index is 12.1. The molecule has 0 saturated heterocycles. The lowest BCUT2D eigenvalue weighted by atomic mass is 10.2. The number of pyridine rings is 1. The molecule has 0 radical (unpaired) electrons. The Kier molecular flexibility index (Phi) is 4.63. The molecule has 2 heterocycles. The summed E-state index contributed by atoms with van der Waals surface area (Å²) >= 11 is 1.54. The Hall–Kier alpha value is -2.73. The third-order valence-corrected chi connectivity index (χ3v) is 4.18. The van der Waals surface area contributed by atoms with Gasteiger partial charge in [-0.2, -0.15) is 0 Å². The van der Waals surface area contributed by atoms with Gasteiger partial charge in [0.2, 0.25) is 0 Å². The van der Waals surface area contributed by atoms with Crippen LogP contribution in [0.15, 0.2) is 54.2 Å². The van der Waals surface area contributed by atoms with Crippen LogP contribution in [0, 0.1) is 0 Å². The van der Waals surface area contributed by atoms with Gasteiger partial charge in [0, 0.05) is 28.9 Å². The zero-order valence-electron chi connectivity index (χ0n) is 12.5. The first kappa shape index (κ1) is 15.2. The highest BCUT2D eigenvalue weighted by Gasteiger charge is 2.08. The average Bonchev–Trinajstić information content (AvgIpc) is 3.09. The van der Waals surface area contributed by atoms with Crippen molar-refractivity contribution in [1.82, 2.24) is 15.3 Å².